The highest BCUT2D eigenvalue weighted by Gasteiger charge is 2.30. The highest BCUT2D eigenvalue weighted by Crippen LogP contribution is 2.19. The van der Waals surface area contributed by atoms with Gasteiger partial charge in [0.15, 0.2) is 5.78 Å². The zero-order valence-corrected chi connectivity index (χ0v) is 18.8. The topological polar surface area (TPSA) is 86.8 Å². The number of carbonyl (C=O) groups is 2. The summed E-state index contributed by atoms with van der Waals surface area (Å²) < 4.78 is 27.1. The Bertz CT molecular complexity index is 999. The van der Waals surface area contributed by atoms with Crippen LogP contribution in [0.5, 0.6) is 0 Å². The number of piperazine rings is 1. The van der Waals surface area contributed by atoms with Crippen LogP contribution in [0.25, 0.3) is 0 Å². The Morgan fingerprint density at radius 2 is 1.58 bits per heavy atom. The number of hydrogen-bond acceptors (Lipinski definition) is 4. The Balaban J connectivity index is 1.50. The molecular formula is C23H29N3O4S. The number of urea groups is 1. The van der Waals surface area contributed by atoms with E-state index in [1.165, 1.54) is 41.1 Å². The van der Waals surface area contributed by atoms with Gasteiger partial charge in [0.2, 0.25) is 10.0 Å². The summed E-state index contributed by atoms with van der Waals surface area (Å²) in [7, 11) is -3.65. The maximum atomic E-state index is 12.9. The fraction of sp³-hybridized carbons (Fsp3) is 0.391. The third-order valence-electron chi connectivity index (χ3n) is 5.50. The Hall–Kier alpha value is -2.71. The van der Waals surface area contributed by atoms with Crippen molar-refractivity contribution < 1.29 is 18.0 Å². The zero-order chi connectivity index (χ0) is 22.4. The number of nitrogens with one attached hydrogen (secondary N) is 1. The lowest BCUT2D eigenvalue weighted by molar-refractivity contribution is 0.101. The van der Waals surface area contributed by atoms with E-state index in [1.807, 2.05) is 25.1 Å². The van der Waals surface area contributed by atoms with Crippen LogP contribution in [0, 0.1) is 0 Å². The van der Waals surface area contributed by atoms with E-state index < -0.39 is 10.0 Å². The monoisotopic (exact) mass is 443 g/mol. The number of rotatable bonds is 7. The fourth-order valence-corrected chi connectivity index (χ4v) is 4.97. The molecule has 0 aliphatic carbocycles. The number of sulfonamides is 1. The number of aryl methyl sites for hydroxylation is 1. The van der Waals surface area contributed by atoms with Crippen LogP contribution < -0.4 is 5.32 Å². The van der Waals surface area contributed by atoms with Crippen molar-refractivity contribution >= 4 is 21.8 Å². The minimum Gasteiger partial charge on any atom is -0.336 e. The third kappa shape index (κ3) is 5.92. The lowest BCUT2D eigenvalue weighted by Crippen LogP contribution is -2.54. The van der Waals surface area contributed by atoms with E-state index in [1.54, 1.807) is 4.90 Å². The number of amides is 2. The third-order valence-corrected chi connectivity index (χ3v) is 7.42. The highest BCUT2D eigenvalue weighted by molar-refractivity contribution is 7.89. The van der Waals surface area contributed by atoms with Crippen LogP contribution in [-0.2, 0) is 16.4 Å². The molecule has 1 aliphatic rings. The first kappa shape index (κ1) is 23.0. The fourth-order valence-electron chi connectivity index (χ4n) is 3.54. The Morgan fingerprint density at radius 3 is 2.16 bits per heavy atom. The van der Waals surface area contributed by atoms with Crippen molar-refractivity contribution in [1.29, 1.82) is 0 Å². The predicted molar refractivity (Wildman–Crippen MR) is 120 cm³/mol. The smallest absolute Gasteiger partial charge is 0.317 e. The predicted octanol–water partition coefficient (Wildman–Crippen LogP) is 2.93. The van der Waals surface area contributed by atoms with Gasteiger partial charge in [0, 0.05) is 37.8 Å². The normalized spacial score (nSPS) is 16.0. The molecule has 1 atom stereocenters. The van der Waals surface area contributed by atoms with Gasteiger partial charge in [0.1, 0.15) is 0 Å². The first-order valence-corrected chi connectivity index (χ1v) is 11.9. The average Bonchev–Trinajstić information content (AvgIpc) is 2.78. The van der Waals surface area contributed by atoms with Crippen molar-refractivity contribution in [3.05, 3.63) is 65.7 Å². The van der Waals surface area contributed by atoms with Crippen LogP contribution in [0.15, 0.2) is 59.5 Å². The van der Waals surface area contributed by atoms with Crippen LogP contribution in [0.4, 0.5) is 4.79 Å². The molecule has 1 unspecified atom stereocenters. The maximum absolute atomic E-state index is 12.9. The van der Waals surface area contributed by atoms with E-state index >= 15 is 0 Å². The molecule has 7 nitrogen and oxygen atoms in total. The molecule has 1 fully saturated rings. The molecule has 166 valence electrons. The molecule has 0 aromatic heterocycles. The number of benzene rings is 2. The summed E-state index contributed by atoms with van der Waals surface area (Å²) in [5.74, 6) is -0.110. The molecule has 2 aromatic rings. The van der Waals surface area contributed by atoms with Crippen molar-refractivity contribution in [2.24, 2.45) is 0 Å². The number of ketones is 1. The van der Waals surface area contributed by atoms with Crippen LogP contribution in [0.3, 0.4) is 0 Å². The van der Waals surface area contributed by atoms with Crippen LogP contribution >= 0.6 is 0 Å². The van der Waals surface area contributed by atoms with Gasteiger partial charge in [-0.2, -0.15) is 4.31 Å². The summed E-state index contributed by atoms with van der Waals surface area (Å²) in [5.41, 5.74) is 1.71. The molecule has 0 saturated carbocycles. The number of carbonyl (C=O) groups excluding carboxylic acids is 2. The van der Waals surface area contributed by atoms with Crippen molar-refractivity contribution in [2.45, 2.75) is 37.6 Å². The van der Waals surface area contributed by atoms with Gasteiger partial charge in [-0.05, 0) is 44.4 Å². The Kier molecular flexibility index (Phi) is 7.46. The van der Waals surface area contributed by atoms with Gasteiger partial charge in [0.05, 0.1) is 4.90 Å². The molecule has 3 rings (SSSR count). The van der Waals surface area contributed by atoms with E-state index in [4.69, 9.17) is 0 Å². The average molecular weight is 444 g/mol. The van der Waals surface area contributed by atoms with Gasteiger partial charge in [-0.1, -0.05) is 42.5 Å². The van der Waals surface area contributed by atoms with E-state index in [2.05, 4.69) is 17.4 Å². The van der Waals surface area contributed by atoms with Crippen LogP contribution in [-0.4, -0.2) is 61.7 Å². The second kappa shape index (κ2) is 10.1. The molecule has 1 N–H and O–H groups in total. The van der Waals surface area contributed by atoms with Crippen molar-refractivity contribution in [2.75, 3.05) is 26.2 Å². The van der Waals surface area contributed by atoms with Crippen molar-refractivity contribution in [1.82, 2.24) is 14.5 Å². The second-order valence-corrected chi connectivity index (χ2v) is 9.78. The number of Topliss-reactive ketones (excluding diaryl/α,β-unsaturated/α-hetero) is 1. The molecule has 0 bridgehead atoms. The Labute approximate surface area is 184 Å². The van der Waals surface area contributed by atoms with E-state index in [0.717, 1.165) is 12.8 Å². The first-order chi connectivity index (χ1) is 14.8. The molecule has 2 aromatic carbocycles. The molecular weight excluding hydrogens is 414 g/mol. The summed E-state index contributed by atoms with van der Waals surface area (Å²) >= 11 is 0. The minimum absolute atomic E-state index is 0.0225. The summed E-state index contributed by atoms with van der Waals surface area (Å²) in [6.45, 7) is 4.57. The van der Waals surface area contributed by atoms with E-state index in [0.29, 0.717) is 18.7 Å². The minimum atomic E-state index is -3.65. The highest BCUT2D eigenvalue weighted by atomic mass is 32.2. The molecule has 2 amide bonds. The van der Waals surface area contributed by atoms with Gasteiger partial charge < -0.3 is 10.2 Å². The van der Waals surface area contributed by atoms with E-state index in [-0.39, 0.29) is 35.8 Å². The molecule has 1 heterocycles. The quantitative estimate of drug-likeness (QED) is 0.667. The van der Waals surface area contributed by atoms with Gasteiger partial charge >= 0.3 is 6.03 Å². The molecule has 0 spiro atoms. The zero-order valence-electron chi connectivity index (χ0n) is 18.0. The summed E-state index contributed by atoms with van der Waals surface area (Å²) in [5, 5.41) is 3.01. The largest absolute Gasteiger partial charge is 0.336 e. The van der Waals surface area contributed by atoms with Gasteiger partial charge in [-0.3, -0.25) is 4.79 Å². The van der Waals surface area contributed by atoms with Crippen molar-refractivity contribution in [3.8, 4) is 0 Å². The van der Waals surface area contributed by atoms with E-state index in [9.17, 15) is 18.0 Å². The van der Waals surface area contributed by atoms with Gasteiger partial charge in [0.25, 0.3) is 0 Å². The first-order valence-electron chi connectivity index (χ1n) is 10.5. The molecule has 8 heteroatoms. The van der Waals surface area contributed by atoms with Crippen molar-refractivity contribution in [3.63, 3.8) is 0 Å². The molecule has 0 radical (unpaired) electrons. The van der Waals surface area contributed by atoms with Gasteiger partial charge in [-0.25, -0.2) is 13.2 Å². The number of nitrogens with zero attached hydrogens (tertiary/aromatic N) is 2. The SMILES string of the molecule is CC(=O)c1ccc(S(=O)(=O)N2CCN(C(=O)NC(C)CCc3ccccc3)CC2)cc1. The second-order valence-electron chi connectivity index (χ2n) is 7.85. The maximum Gasteiger partial charge on any atom is 0.317 e. The van der Waals surface area contributed by atoms with Gasteiger partial charge in [-0.15, -0.1) is 0 Å². The summed E-state index contributed by atoms with van der Waals surface area (Å²) in [4.78, 5) is 25.8. The Morgan fingerprint density at radius 1 is 0.968 bits per heavy atom. The molecule has 31 heavy (non-hydrogen) atoms. The number of hydrogen-bond donors (Lipinski definition) is 1. The lowest BCUT2D eigenvalue weighted by Gasteiger charge is -2.34. The molecule has 1 saturated heterocycles. The molecule has 1 aliphatic heterocycles. The summed E-state index contributed by atoms with van der Waals surface area (Å²) in [6, 6.07) is 16.0. The summed E-state index contributed by atoms with van der Waals surface area (Å²) in [6.07, 6.45) is 1.72. The van der Waals surface area contributed by atoms with Crippen LogP contribution in [0.1, 0.15) is 36.2 Å². The lowest BCUT2D eigenvalue weighted by atomic mass is 10.1. The standard InChI is InChI=1S/C23H29N3O4S/c1-18(8-9-20-6-4-3-5-7-20)24-23(28)25-14-16-26(17-15-25)31(29,30)22-12-10-21(11-13-22)19(2)27/h3-7,10-13,18H,8-9,14-17H2,1-2H3,(H,24,28). The van der Waals surface area contributed by atoms with Crippen LogP contribution in [0.2, 0.25) is 0 Å².